The first kappa shape index (κ1) is 19.2. The van der Waals surface area contributed by atoms with Crippen molar-refractivity contribution in [3.63, 3.8) is 0 Å². The Hall–Kier alpha value is -2.17. The van der Waals surface area contributed by atoms with Crippen LogP contribution in [0.4, 0.5) is 13.2 Å². The summed E-state index contributed by atoms with van der Waals surface area (Å²) >= 11 is 5.60. The van der Waals surface area contributed by atoms with Crippen LogP contribution in [0.1, 0.15) is 11.7 Å². The van der Waals surface area contributed by atoms with Gasteiger partial charge in [-0.15, -0.1) is 8.78 Å². The molecule has 1 unspecified atom stereocenters. The van der Waals surface area contributed by atoms with Gasteiger partial charge in [-0.3, -0.25) is 10.1 Å². The highest BCUT2D eigenvalue weighted by Crippen LogP contribution is 2.38. The van der Waals surface area contributed by atoms with E-state index in [1.165, 1.54) is 0 Å². The molecule has 0 fully saturated rings. The van der Waals surface area contributed by atoms with Crippen LogP contribution in [-0.4, -0.2) is 19.4 Å². The van der Waals surface area contributed by atoms with Crippen molar-refractivity contribution in [2.75, 3.05) is 0 Å². The van der Waals surface area contributed by atoms with Crippen molar-refractivity contribution < 1.29 is 30.7 Å². The number of hydrogen-bond acceptors (Lipinski definition) is 5. The molecular formula is C14H9ClF3NO5S. The van der Waals surface area contributed by atoms with Gasteiger partial charge in [-0.25, -0.2) is 8.57 Å². The Balaban J connectivity index is 2.52. The van der Waals surface area contributed by atoms with E-state index in [0.717, 1.165) is 48.5 Å². The second kappa shape index (κ2) is 6.98. The van der Waals surface area contributed by atoms with Crippen molar-refractivity contribution in [1.82, 2.24) is 0 Å². The summed E-state index contributed by atoms with van der Waals surface area (Å²) < 4.78 is 70.3. The molecule has 2 rings (SSSR count). The zero-order valence-corrected chi connectivity index (χ0v) is 13.7. The minimum Gasteiger partial charge on any atom is -0.259 e. The predicted molar refractivity (Wildman–Crippen MR) is 80.8 cm³/mol. The molecule has 25 heavy (non-hydrogen) atoms. The molecule has 2 aromatic rings. The number of nitrogens with zero attached hydrogens (tertiary/aromatic N) is 1. The molecule has 0 saturated carbocycles. The zero-order chi connectivity index (χ0) is 18.8. The third-order valence-corrected chi connectivity index (χ3v) is 4.62. The van der Waals surface area contributed by atoms with Crippen LogP contribution in [0.5, 0.6) is 0 Å². The van der Waals surface area contributed by atoms with Crippen molar-refractivity contribution >= 4 is 21.7 Å². The lowest BCUT2D eigenvalue weighted by Gasteiger charge is -2.20. The number of rotatable bonds is 6. The fourth-order valence-electron chi connectivity index (χ4n) is 1.86. The van der Waals surface area contributed by atoms with E-state index in [2.05, 4.69) is 4.18 Å². The molecule has 0 aromatic heterocycles. The van der Waals surface area contributed by atoms with Gasteiger partial charge in [-0.1, -0.05) is 29.8 Å². The highest BCUT2D eigenvalue weighted by atomic mass is 35.5. The number of hydrogen-bond donors (Lipinski definition) is 0. The molecular weight excluding hydrogens is 387 g/mol. The second-order valence-electron chi connectivity index (χ2n) is 4.75. The van der Waals surface area contributed by atoms with Gasteiger partial charge in [0.15, 0.2) is 0 Å². The molecule has 6 nitrogen and oxygen atoms in total. The maximum atomic E-state index is 13.9. The highest BCUT2D eigenvalue weighted by Gasteiger charge is 2.57. The SMILES string of the molecule is O=[N+]([O-])C(F)(F)C(OS(=O)(=O)c1ccc(Cl)cc1)c1ccccc1F. The van der Waals surface area contributed by atoms with Gasteiger partial charge in [-0.2, -0.15) is 8.42 Å². The van der Waals surface area contributed by atoms with Crippen molar-refractivity contribution in [2.24, 2.45) is 0 Å². The molecule has 0 radical (unpaired) electrons. The average Bonchev–Trinajstić information content (AvgIpc) is 2.53. The van der Waals surface area contributed by atoms with E-state index >= 15 is 0 Å². The number of halogens is 4. The van der Waals surface area contributed by atoms with Crippen LogP contribution < -0.4 is 0 Å². The Kier molecular flexibility index (Phi) is 5.35. The highest BCUT2D eigenvalue weighted by molar-refractivity contribution is 7.86. The number of alkyl halides is 2. The Labute approximate surface area is 145 Å². The van der Waals surface area contributed by atoms with Gasteiger partial charge >= 0.3 is 6.05 Å². The van der Waals surface area contributed by atoms with E-state index < -0.39 is 43.5 Å². The minimum absolute atomic E-state index is 0.167. The van der Waals surface area contributed by atoms with Gasteiger partial charge in [0.05, 0.1) is 9.82 Å². The minimum atomic E-state index is -4.90. The van der Waals surface area contributed by atoms with Crippen LogP contribution in [0.2, 0.25) is 5.02 Å². The average molecular weight is 396 g/mol. The molecule has 1 atom stereocenters. The van der Waals surface area contributed by atoms with Crippen molar-refractivity contribution in [1.29, 1.82) is 0 Å². The molecule has 0 saturated heterocycles. The summed E-state index contributed by atoms with van der Waals surface area (Å²) in [5.41, 5.74) is -0.971. The van der Waals surface area contributed by atoms with Crippen LogP contribution in [0.25, 0.3) is 0 Å². The van der Waals surface area contributed by atoms with E-state index in [1.54, 1.807) is 0 Å². The first-order valence-electron chi connectivity index (χ1n) is 6.51. The van der Waals surface area contributed by atoms with E-state index in [0.29, 0.717) is 0 Å². The monoisotopic (exact) mass is 395 g/mol. The zero-order valence-electron chi connectivity index (χ0n) is 12.1. The second-order valence-corrected chi connectivity index (χ2v) is 6.76. The molecule has 0 amide bonds. The summed E-state index contributed by atoms with van der Waals surface area (Å²) in [5, 5.41) is 10.8. The lowest BCUT2D eigenvalue weighted by atomic mass is 10.1. The standard InChI is InChI=1S/C14H9ClF3NO5S/c15-9-5-7-10(8-6-9)25(22,23)24-13(14(17,18)19(20)21)11-3-1-2-4-12(11)16/h1-8,13H. The molecule has 0 aliphatic rings. The summed E-state index contributed by atoms with van der Waals surface area (Å²) in [7, 11) is -4.87. The van der Waals surface area contributed by atoms with Gasteiger partial charge in [-0.05, 0) is 30.3 Å². The molecule has 134 valence electrons. The summed E-state index contributed by atoms with van der Waals surface area (Å²) in [5.74, 6) is -1.28. The fourth-order valence-corrected chi connectivity index (χ4v) is 3.04. The lowest BCUT2D eigenvalue weighted by molar-refractivity contribution is -0.657. The fraction of sp³-hybridized carbons (Fsp3) is 0.143. The summed E-state index contributed by atoms with van der Waals surface area (Å²) in [4.78, 5) is 8.04. The first-order valence-corrected chi connectivity index (χ1v) is 8.30. The Morgan fingerprint density at radius 1 is 1.12 bits per heavy atom. The summed E-state index contributed by atoms with van der Waals surface area (Å²) in [6.45, 7) is 0. The quantitative estimate of drug-likeness (QED) is 0.321. The molecule has 2 aromatic carbocycles. The summed E-state index contributed by atoms with van der Waals surface area (Å²) in [6.07, 6.45) is -3.00. The van der Waals surface area contributed by atoms with E-state index in [4.69, 9.17) is 11.6 Å². The predicted octanol–water partition coefficient (Wildman–Crippen LogP) is 3.80. The van der Waals surface area contributed by atoms with Gasteiger partial charge in [0, 0.05) is 10.6 Å². The largest absolute Gasteiger partial charge is 0.543 e. The van der Waals surface area contributed by atoms with Crippen LogP contribution in [0, 0.1) is 15.9 Å². The molecule has 11 heteroatoms. The van der Waals surface area contributed by atoms with E-state index in [1.807, 2.05) is 0 Å². The molecule has 0 heterocycles. The summed E-state index contributed by atoms with van der Waals surface area (Å²) in [6, 6.07) is 3.10. The van der Waals surface area contributed by atoms with Crippen molar-refractivity contribution in [2.45, 2.75) is 17.0 Å². The van der Waals surface area contributed by atoms with E-state index in [-0.39, 0.29) is 5.02 Å². The number of benzene rings is 2. The first-order chi connectivity index (χ1) is 11.6. The normalized spacial score (nSPS) is 13.4. The topological polar surface area (TPSA) is 86.5 Å². The van der Waals surface area contributed by atoms with Crippen LogP contribution in [-0.2, 0) is 14.3 Å². The van der Waals surface area contributed by atoms with E-state index in [9.17, 15) is 31.7 Å². The third-order valence-electron chi connectivity index (χ3n) is 3.07. The Bertz CT molecular complexity index is 890. The lowest BCUT2D eigenvalue weighted by Crippen LogP contribution is -2.38. The van der Waals surface area contributed by atoms with Gasteiger partial charge in [0.2, 0.25) is 6.10 Å². The maximum absolute atomic E-state index is 13.9. The van der Waals surface area contributed by atoms with Crippen molar-refractivity contribution in [3.05, 3.63) is 75.0 Å². The van der Waals surface area contributed by atoms with Crippen LogP contribution in [0.3, 0.4) is 0 Å². The Morgan fingerprint density at radius 3 is 2.20 bits per heavy atom. The van der Waals surface area contributed by atoms with Crippen molar-refractivity contribution in [3.8, 4) is 0 Å². The van der Waals surface area contributed by atoms with Gasteiger partial charge in [0.1, 0.15) is 5.82 Å². The van der Waals surface area contributed by atoms with Gasteiger partial charge < -0.3 is 0 Å². The maximum Gasteiger partial charge on any atom is 0.543 e. The molecule has 0 N–H and O–H groups in total. The van der Waals surface area contributed by atoms with Gasteiger partial charge in [0.25, 0.3) is 10.1 Å². The van der Waals surface area contributed by atoms with Crippen LogP contribution in [0.15, 0.2) is 53.4 Å². The van der Waals surface area contributed by atoms with Crippen LogP contribution >= 0.6 is 11.6 Å². The molecule has 0 bridgehead atoms. The smallest absolute Gasteiger partial charge is 0.259 e. The Morgan fingerprint density at radius 2 is 1.68 bits per heavy atom. The molecule has 0 spiro atoms. The molecule has 0 aliphatic heterocycles. The third kappa shape index (κ3) is 4.09. The molecule has 0 aliphatic carbocycles. The number of nitro groups is 1.